The molecule has 0 aromatic rings. The lowest BCUT2D eigenvalue weighted by molar-refractivity contribution is 0.00785. The highest BCUT2D eigenvalue weighted by molar-refractivity contribution is 4.75. The second kappa shape index (κ2) is 6.58. The molecule has 0 aromatic carbocycles. The molecular formula is C13H27NO2. The third-order valence-electron chi connectivity index (χ3n) is 3.14. The highest BCUT2D eigenvalue weighted by atomic mass is 16.5. The van der Waals surface area contributed by atoms with Gasteiger partial charge in [0.15, 0.2) is 0 Å². The van der Waals surface area contributed by atoms with Gasteiger partial charge in [-0.2, -0.15) is 0 Å². The van der Waals surface area contributed by atoms with Crippen molar-refractivity contribution in [2.45, 2.75) is 51.7 Å². The molecule has 1 aliphatic carbocycles. The smallest absolute Gasteiger partial charge is 0.0637 e. The van der Waals surface area contributed by atoms with Crippen molar-refractivity contribution >= 4 is 0 Å². The van der Waals surface area contributed by atoms with E-state index in [1.807, 2.05) is 0 Å². The van der Waals surface area contributed by atoms with Crippen molar-refractivity contribution in [2.75, 3.05) is 26.9 Å². The minimum absolute atomic E-state index is 0.0404. The average molecular weight is 229 g/mol. The van der Waals surface area contributed by atoms with Crippen molar-refractivity contribution < 1.29 is 9.47 Å². The van der Waals surface area contributed by atoms with E-state index in [1.54, 1.807) is 7.11 Å². The van der Waals surface area contributed by atoms with Crippen molar-refractivity contribution in [3.05, 3.63) is 0 Å². The van der Waals surface area contributed by atoms with Gasteiger partial charge < -0.3 is 14.8 Å². The first-order valence-corrected chi connectivity index (χ1v) is 6.40. The lowest BCUT2D eigenvalue weighted by Gasteiger charge is -2.27. The van der Waals surface area contributed by atoms with Crippen LogP contribution in [0.15, 0.2) is 0 Å². The minimum atomic E-state index is -0.0404. The van der Waals surface area contributed by atoms with Crippen LogP contribution in [0.3, 0.4) is 0 Å². The van der Waals surface area contributed by atoms with Gasteiger partial charge in [0.25, 0.3) is 0 Å². The molecule has 0 bridgehead atoms. The van der Waals surface area contributed by atoms with Gasteiger partial charge in [-0.3, -0.25) is 0 Å². The molecule has 0 aliphatic heterocycles. The Kier molecular flexibility index (Phi) is 5.73. The van der Waals surface area contributed by atoms with Crippen molar-refractivity contribution in [1.29, 1.82) is 0 Å². The lowest BCUT2D eigenvalue weighted by Crippen LogP contribution is -2.37. The molecule has 16 heavy (non-hydrogen) atoms. The maximum Gasteiger partial charge on any atom is 0.0637 e. The fraction of sp³-hybridized carbons (Fsp3) is 1.00. The molecule has 1 unspecified atom stereocenters. The zero-order valence-corrected chi connectivity index (χ0v) is 11.2. The molecular weight excluding hydrogens is 202 g/mol. The lowest BCUT2D eigenvalue weighted by atomic mass is 10.00. The molecule has 3 nitrogen and oxygen atoms in total. The standard InChI is InChI=1S/C13H27NO2/c1-11(9-13(2,3)15-4)14-7-8-16-10-12-5-6-12/h11-12,14H,5-10H2,1-4H3. The third-order valence-corrected chi connectivity index (χ3v) is 3.14. The minimum Gasteiger partial charge on any atom is -0.380 e. The van der Waals surface area contributed by atoms with E-state index in [0.29, 0.717) is 6.04 Å². The summed E-state index contributed by atoms with van der Waals surface area (Å²) in [6.45, 7) is 9.16. The van der Waals surface area contributed by atoms with Crippen LogP contribution in [-0.2, 0) is 9.47 Å². The van der Waals surface area contributed by atoms with Crippen LogP contribution >= 0.6 is 0 Å². The summed E-state index contributed by atoms with van der Waals surface area (Å²) in [6.07, 6.45) is 3.75. The molecule has 1 rings (SSSR count). The Morgan fingerprint density at radius 2 is 2.06 bits per heavy atom. The molecule has 0 aromatic heterocycles. The molecule has 1 fully saturated rings. The molecule has 0 spiro atoms. The third kappa shape index (κ3) is 6.46. The van der Waals surface area contributed by atoms with Gasteiger partial charge in [-0.15, -0.1) is 0 Å². The van der Waals surface area contributed by atoms with Crippen LogP contribution in [0.25, 0.3) is 0 Å². The quantitative estimate of drug-likeness (QED) is 0.615. The summed E-state index contributed by atoms with van der Waals surface area (Å²) in [5.41, 5.74) is -0.0404. The van der Waals surface area contributed by atoms with Gasteiger partial charge >= 0.3 is 0 Å². The first-order chi connectivity index (χ1) is 7.53. The summed E-state index contributed by atoms with van der Waals surface area (Å²) in [5, 5.41) is 3.46. The maximum atomic E-state index is 5.57. The molecule has 0 saturated heterocycles. The van der Waals surface area contributed by atoms with Crippen LogP contribution in [0, 0.1) is 5.92 Å². The molecule has 3 heteroatoms. The molecule has 96 valence electrons. The highest BCUT2D eigenvalue weighted by Crippen LogP contribution is 2.28. The van der Waals surface area contributed by atoms with Gasteiger partial charge in [0, 0.05) is 26.3 Å². The fourth-order valence-electron chi connectivity index (χ4n) is 1.80. The second-order valence-corrected chi connectivity index (χ2v) is 5.54. The van der Waals surface area contributed by atoms with Crippen molar-refractivity contribution in [2.24, 2.45) is 5.92 Å². The van der Waals surface area contributed by atoms with Crippen LogP contribution < -0.4 is 5.32 Å². The monoisotopic (exact) mass is 229 g/mol. The Morgan fingerprint density at radius 3 is 2.62 bits per heavy atom. The van der Waals surface area contributed by atoms with E-state index in [1.165, 1.54) is 12.8 Å². The van der Waals surface area contributed by atoms with Crippen molar-refractivity contribution in [3.8, 4) is 0 Å². The number of rotatable bonds is 9. The molecule has 1 atom stereocenters. The molecule has 0 heterocycles. The van der Waals surface area contributed by atoms with Crippen LogP contribution in [-0.4, -0.2) is 38.5 Å². The van der Waals surface area contributed by atoms with Crippen LogP contribution in [0.1, 0.15) is 40.0 Å². The van der Waals surface area contributed by atoms with E-state index in [-0.39, 0.29) is 5.60 Å². The van der Waals surface area contributed by atoms with Crippen LogP contribution in [0.5, 0.6) is 0 Å². The van der Waals surface area contributed by atoms with E-state index < -0.39 is 0 Å². The van der Waals surface area contributed by atoms with E-state index in [4.69, 9.17) is 9.47 Å². The zero-order valence-electron chi connectivity index (χ0n) is 11.2. The molecule has 1 aliphatic rings. The van der Waals surface area contributed by atoms with Crippen LogP contribution in [0.4, 0.5) is 0 Å². The first-order valence-electron chi connectivity index (χ1n) is 6.40. The summed E-state index contributed by atoms with van der Waals surface area (Å²) in [7, 11) is 1.77. The Balaban J connectivity index is 1.94. The predicted octanol–water partition coefficient (Wildman–Crippen LogP) is 2.21. The molecule has 0 radical (unpaired) electrons. The molecule has 1 N–H and O–H groups in total. The van der Waals surface area contributed by atoms with E-state index in [0.717, 1.165) is 32.1 Å². The number of methoxy groups -OCH3 is 1. The largest absolute Gasteiger partial charge is 0.380 e. The van der Waals surface area contributed by atoms with Gasteiger partial charge in [0.2, 0.25) is 0 Å². The fourth-order valence-corrected chi connectivity index (χ4v) is 1.80. The topological polar surface area (TPSA) is 30.5 Å². The SMILES string of the molecule is COC(C)(C)CC(C)NCCOCC1CC1. The van der Waals surface area contributed by atoms with E-state index in [9.17, 15) is 0 Å². The van der Waals surface area contributed by atoms with Gasteiger partial charge in [0.05, 0.1) is 12.2 Å². The second-order valence-electron chi connectivity index (χ2n) is 5.54. The first kappa shape index (κ1) is 13.9. The van der Waals surface area contributed by atoms with E-state index in [2.05, 4.69) is 26.1 Å². The van der Waals surface area contributed by atoms with Gasteiger partial charge in [-0.1, -0.05) is 0 Å². The summed E-state index contributed by atoms with van der Waals surface area (Å²) < 4.78 is 11.0. The van der Waals surface area contributed by atoms with Crippen molar-refractivity contribution in [1.82, 2.24) is 5.32 Å². The zero-order chi connectivity index (χ0) is 12.0. The van der Waals surface area contributed by atoms with Gasteiger partial charge in [-0.25, -0.2) is 0 Å². The normalized spacial score (nSPS) is 18.8. The average Bonchev–Trinajstić information content (AvgIpc) is 3.00. The summed E-state index contributed by atoms with van der Waals surface area (Å²) in [5.74, 6) is 0.866. The number of hydrogen-bond donors (Lipinski definition) is 1. The molecule has 0 amide bonds. The Morgan fingerprint density at radius 1 is 1.38 bits per heavy atom. The van der Waals surface area contributed by atoms with Gasteiger partial charge in [0.1, 0.15) is 0 Å². The van der Waals surface area contributed by atoms with Crippen molar-refractivity contribution in [3.63, 3.8) is 0 Å². The number of ether oxygens (including phenoxy) is 2. The van der Waals surface area contributed by atoms with E-state index >= 15 is 0 Å². The number of hydrogen-bond acceptors (Lipinski definition) is 3. The highest BCUT2D eigenvalue weighted by Gasteiger charge is 2.21. The summed E-state index contributed by atoms with van der Waals surface area (Å²) in [4.78, 5) is 0. The number of nitrogens with one attached hydrogen (secondary N) is 1. The molecule has 1 saturated carbocycles. The maximum absolute atomic E-state index is 5.57. The predicted molar refractivity (Wildman–Crippen MR) is 66.7 cm³/mol. The Hall–Kier alpha value is -0.120. The Bertz CT molecular complexity index is 190. The van der Waals surface area contributed by atoms with Crippen LogP contribution in [0.2, 0.25) is 0 Å². The Labute approximate surface area is 99.9 Å². The van der Waals surface area contributed by atoms with Gasteiger partial charge in [-0.05, 0) is 46.0 Å². The summed E-state index contributed by atoms with van der Waals surface area (Å²) in [6, 6.07) is 0.472. The summed E-state index contributed by atoms with van der Waals surface area (Å²) >= 11 is 0.